The molecule has 0 saturated carbocycles. The van der Waals surface area contributed by atoms with Gasteiger partial charge in [-0.25, -0.2) is 0 Å². The third-order valence-corrected chi connectivity index (χ3v) is 2.30. The van der Waals surface area contributed by atoms with Gasteiger partial charge in [0, 0.05) is 6.92 Å². The van der Waals surface area contributed by atoms with Gasteiger partial charge in [0.15, 0.2) is 0 Å². The molecule has 1 aromatic rings. The zero-order chi connectivity index (χ0) is 10.7. The van der Waals surface area contributed by atoms with E-state index in [1.54, 1.807) is 0 Å². The van der Waals surface area contributed by atoms with Crippen LogP contribution in [0, 0.1) is 0 Å². The summed E-state index contributed by atoms with van der Waals surface area (Å²) in [7, 11) is 0. The summed E-state index contributed by atoms with van der Waals surface area (Å²) in [6.45, 7) is 5.67. The van der Waals surface area contributed by atoms with Gasteiger partial charge in [0.25, 0.3) is 0 Å². The lowest BCUT2D eigenvalue weighted by atomic mass is 10.0. The predicted molar refractivity (Wildman–Crippen MR) is 59.8 cm³/mol. The molecule has 1 aromatic carbocycles. The number of hydrogen-bond donors (Lipinski definition) is 1. The fourth-order valence-electron chi connectivity index (χ4n) is 1.19. The van der Waals surface area contributed by atoms with Crippen molar-refractivity contribution >= 4 is 23.2 Å². The average Bonchev–Trinajstić information content (AvgIpc) is 2.07. The monoisotopic (exact) mass is 211 g/mol. The van der Waals surface area contributed by atoms with Crippen LogP contribution in [0.1, 0.15) is 32.3 Å². The number of amides is 1. The van der Waals surface area contributed by atoms with Crippen molar-refractivity contribution in [1.82, 2.24) is 0 Å². The maximum absolute atomic E-state index is 10.9. The highest BCUT2D eigenvalue weighted by molar-refractivity contribution is 6.33. The summed E-state index contributed by atoms with van der Waals surface area (Å²) in [5.74, 6) is 0.326. The smallest absolute Gasteiger partial charge is 0.221 e. The largest absolute Gasteiger partial charge is 0.325 e. The second-order valence-electron chi connectivity index (χ2n) is 3.58. The van der Waals surface area contributed by atoms with Crippen LogP contribution in [-0.4, -0.2) is 5.91 Å². The van der Waals surface area contributed by atoms with Crippen LogP contribution in [0.4, 0.5) is 5.69 Å². The van der Waals surface area contributed by atoms with Crippen LogP contribution >= 0.6 is 11.6 Å². The molecule has 0 saturated heterocycles. The van der Waals surface area contributed by atoms with Crippen molar-refractivity contribution in [3.8, 4) is 0 Å². The number of rotatable bonds is 2. The highest BCUT2D eigenvalue weighted by Crippen LogP contribution is 2.26. The quantitative estimate of drug-likeness (QED) is 0.798. The normalized spacial score (nSPS) is 10.4. The van der Waals surface area contributed by atoms with E-state index in [2.05, 4.69) is 19.2 Å². The molecule has 0 heterocycles. The molecule has 0 spiro atoms. The van der Waals surface area contributed by atoms with Gasteiger partial charge in [0.2, 0.25) is 5.91 Å². The van der Waals surface area contributed by atoms with Crippen molar-refractivity contribution in [2.75, 3.05) is 5.32 Å². The minimum Gasteiger partial charge on any atom is -0.325 e. The first-order valence-corrected chi connectivity index (χ1v) is 4.95. The molecule has 0 aliphatic heterocycles. The van der Waals surface area contributed by atoms with E-state index in [4.69, 9.17) is 11.6 Å². The molecular weight excluding hydrogens is 198 g/mol. The zero-order valence-electron chi connectivity index (χ0n) is 8.60. The molecule has 0 bridgehead atoms. The standard InChI is InChI=1S/C11H14ClNO/c1-7(2)9-4-5-10(12)11(6-9)13-8(3)14/h4-7H,1-3H3,(H,13,14). The minimum atomic E-state index is -0.104. The van der Waals surface area contributed by atoms with Crippen LogP contribution in [0.15, 0.2) is 18.2 Å². The summed E-state index contributed by atoms with van der Waals surface area (Å²) in [6.07, 6.45) is 0. The molecule has 0 fully saturated rings. The molecule has 1 amide bonds. The Labute approximate surface area is 89.3 Å². The molecule has 0 aromatic heterocycles. The van der Waals surface area contributed by atoms with Gasteiger partial charge in [-0.05, 0) is 23.6 Å². The molecule has 1 N–H and O–H groups in total. The molecule has 76 valence electrons. The Kier molecular flexibility index (Phi) is 3.53. The van der Waals surface area contributed by atoms with Gasteiger partial charge >= 0.3 is 0 Å². The summed E-state index contributed by atoms with van der Waals surface area (Å²) >= 11 is 5.93. The summed E-state index contributed by atoms with van der Waals surface area (Å²) in [4.78, 5) is 10.9. The predicted octanol–water partition coefficient (Wildman–Crippen LogP) is 3.42. The Morgan fingerprint density at radius 2 is 2.07 bits per heavy atom. The van der Waals surface area contributed by atoms with E-state index >= 15 is 0 Å². The Bertz CT molecular complexity index is 347. The Balaban J connectivity index is 3.02. The average molecular weight is 212 g/mol. The van der Waals surface area contributed by atoms with E-state index in [-0.39, 0.29) is 5.91 Å². The van der Waals surface area contributed by atoms with Crippen molar-refractivity contribution in [3.05, 3.63) is 28.8 Å². The number of halogens is 1. The Morgan fingerprint density at radius 1 is 1.43 bits per heavy atom. The van der Waals surface area contributed by atoms with Gasteiger partial charge in [-0.3, -0.25) is 4.79 Å². The van der Waals surface area contributed by atoms with Crippen molar-refractivity contribution in [2.45, 2.75) is 26.7 Å². The van der Waals surface area contributed by atoms with E-state index in [9.17, 15) is 4.79 Å². The zero-order valence-corrected chi connectivity index (χ0v) is 9.35. The van der Waals surface area contributed by atoms with Crippen LogP contribution in [0.5, 0.6) is 0 Å². The molecular formula is C11H14ClNO. The highest BCUT2D eigenvalue weighted by Gasteiger charge is 2.05. The number of anilines is 1. The Morgan fingerprint density at radius 3 is 2.57 bits per heavy atom. The van der Waals surface area contributed by atoms with E-state index in [1.165, 1.54) is 6.92 Å². The van der Waals surface area contributed by atoms with E-state index in [0.29, 0.717) is 16.6 Å². The van der Waals surface area contributed by atoms with Crippen LogP contribution < -0.4 is 5.32 Å². The van der Waals surface area contributed by atoms with Gasteiger partial charge in [-0.1, -0.05) is 31.5 Å². The first-order chi connectivity index (χ1) is 6.50. The fourth-order valence-corrected chi connectivity index (χ4v) is 1.35. The summed E-state index contributed by atoms with van der Waals surface area (Å²) in [6, 6.07) is 5.69. The molecule has 3 heteroatoms. The lowest BCUT2D eigenvalue weighted by Crippen LogP contribution is -2.06. The maximum atomic E-state index is 10.9. The number of benzene rings is 1. The SMILES string of the molecule is CC(=O)Nc1cc(C(C)C)ccc1Cl. The first-order valence-electron chi connectivity index (χ1n) is 4.57. The fraction of sp³-hybridized carbons (Fsp3) is 0.364. The van der Waals surface area contributed by atoms with Gasteiger partial charge in [0.05, 0.1) is 10.7 Å². The summed E-state index contributed by atoms with van der Waals surface area (Å²) in [5, 5.41) is 3.27. The topological polar surface area (TPSA) is 29.1 Å². The van der Waals surface area contributed by atoms with E-state index in [0.717, 1.165) is 5.56 Å². The number of hydrogen-bond acceptors (Lipinski definition) is 1. The lowest BCUT2D eigenvalue weighted by Gasteiger charge is -2.10. The molecule has 0 aliphatic rings. The van der Waals surface area contributed by atoms with Gasteiger partial charge in [-0.15, -0.1) is 0 Å². The van der Waals surface area contributed by atoms with E-state index in [1.807, 2.05) is 18.2 Å². The van der Waals surface area contributed by atoms with E-state index < -0.39 is 0 Å². The highest BCUT2D eigenvalue weighted by atomic mass is 35.5. The molecule has 0 aliphatic carbocycles. The summed E-state index contributed by atoms with van der Waals surface area (Å²) in [5.41, 5.74) is 1.85. The number of nitrogens with one attached hydrogen (secondary N) is 1. The third kappa shape index (κ3) is 2.74. The second-order valence-corrected chi connectivity index (χ2v) is 3.98. The summed E-state index contributed by atoms with van der Waals surface area (Å²) < 4.78 is 0. The molecule has 0 unspecified atom stereocenters. The van der Waals surface area contributed by atoms with Crippen molar-refractivity contribution in [2.24, 2.45) is 0 Å². The Hall–Kier alpha value is -1.02. The maximum Gasteiger partial charge on any atom is 0.221 e. The molecule has 1 rings (SSSR count). The minimum absolute atomic E-state index is 0.104. The third-order valence-electron chi connectivity index (χ3n) is 1.97. The van der Waals surface area contributed by atoms with Gasteiger partial charge in [-0.2, -0.15) is 0 Å². The molecule has 0 atom stereocenters. The van der Waals surface area contributed by atoms with Crippen LogP contribution in [0.3, 0.4) is 0 Å². The number of carbonyl (C=O) groups is 1. The van der Waals surface area contributed by atoms with Gasteiger partial charge in [0.1, 0.15) is 0 Å². The van der Waals surface area contributed by atoms with Gasteiger partial charge < -0.3 is 5.32 Å². The van der Waals surface area contributed by atoms with Crippen molar-refractivity contribution in [1.29, 1.82) is 0 Å². The lowest BCUT2D eigenvalue weighted by molar-refractivity contribution is -0.114. The van der Waals surface area contributed by atoms with Crippen molar-refractivity contribution in [3.63, 3.8) is 0 Å². The number of carbonyl (C=O) groups excluding carboxylic acids is 1. The molecule has 0 radical (unpaired) electrons. The van der Waals surface area contributed by atoms with Crippen LogP contribution in [0.2, 0.25) is 5.02 Å². The van der Waals surface area contributed by atoms with Crippen LogP contribution in [-0.2, 0) is 4.79 Å². The van der Waals surface area contributed by atoms with Crippen molar-refractivity contribution < 1.29 is 4.79 Å². The second kappa shape index (κ2) is 4.47. The first kappa shape index (κ1) is 11.1. The molecule has 14 heavy (non-hydrogen) atoms. The van der Waals surface area contributed by atoms with Crippen LogP contribution in [0.25, 0.3) is 0 Å². The molecule has 2 nitrogen and oxygen atoms in total.